The molecule has 1 amide bonds. The molecule has 0 bridgehead atoms. The van der Waals surface area contributed by atoms with Crippen LogP contribution in [0.4, 0.5) is 0 Å². The lowest BCUT2D eigenvalue weighted by Gasteiger charge is -2.31. The van der Waals surface area contributed by atoms with Crippen LogP contribution in [0.3, 0.4) is 0 Å². The number of amides is 1. The van der Waals surface area contributed by atoms with Crippen molar-refractivity contribution in [3.63, 3.8) is 0 Å². The van der Waals surface area contributed by atoms with Gasteiger partial charge in [-0.15, -0.1) is 0 Å². The van der Waals surface area contributed by atoms with Crippen LogP contribution in [-0.4, -0.2) is 62.2 Å². The molecule has 0 aromatic heterocycles. The predicted octanol–water partition coefficient (Wildman–Crippen LogP) is 1.69. The number of likely N-dealkylation sites (tertiary alicyclic amines) is 1. The third kappa shape index (κ3) is 3.42. The van der Waals surface area contributed by atoms with Crippen molar-refractivity contribution < 1.29 is 14.3 Å². The monoisotopic (exact) mass is 304 g/mol. The van der Waals surface area contributed by atoms with E-state index in [-0.39, 0.29) is 11.9 Å². The van der Waals surface area contributed by atoms with E-state index in [1.807, 2.05) is 23.1 Å². The molecule has 2 aliphatic rings. The number of morpholine rings is 1. The summed E-state index contributed by atoms with van der Waals surface area (Å²) in [5, 5.41) is 0. The van der Waals surface area contributed by atoms with Crippen LogP contribution < -0.4 is 4.74 Å². The van der Waals surface area contributed by atoms with Gasteiger partial charge in [-0.05, 0) is 24.1 Å². The Kier molecular flexibility index (Phi) is 4.95. The maximum Gasteiger partial charge on any atom is 0.223 e. The zero-order valence-electron chi connectivity index (χ0n) is 13.2. The molecule has 22 heavy (non-hydrogen) atoms. The summed E-state index contributed by atoms with van der Waals surface area (Å²) < 4.78 is 10.7. The first-order valence-electron chi connectivity index (χ1n) is 8.01. The summed E-state index contributed by atoms with van der Waals surface area (Å²) in [7, 11) is 1.68. The molecule has 120 valence electrons. The van der Waals surface area contributed by atoms with E-state index in [4.69, 9.17) is 9.47 Å². The van der Waals surface area contributed by atoms with E-state index in [1.54, 1.807) is 7.11 Å². The first-order chi connectivity index (χ1) is 10.8. The summed E-state index contributed by atoms with van der Waals surface area (Å²) >= 11 is 0. The Morgan fingerprint density at radius 1 is 1.27 bits per heavy atom. The predicted molar refractivity (Wildman–Crippen MR) is 83.9 cm³/mol. The molecule has 2 heterocycles. The van der Waals surface area contributed by atoms with E-state index < -0.39 is 0 Å². The molecule has 0 N–H and O–H groups in total. The van der Waals surface area contributed by atoms with Gasteiger partial charge in [-0.3, -0.25) is 9.69 Å². The molecule has 1 aromatic carbocycles. The summed E-state index contributed by atoms with van der Waals surface area (Å²) in [6, 6.07) is 8.26. The van der Waals surface area contributed by atoms with Crippen LogP contribution in [0.5, 0.6) is 5.75 Å². The third-order valence-electron chi connectivity index (χ3n) is 4.57. The van der Waals surface area contributed by atoms with Crippen molar-refractivity contribution in [2.45, 2.75) is 18.9 Å². The highest BCUT2D eigenvalue weighted by Gasteiger charge is 2.32. The fourth-order valence-electron chi connectivity index (χ4n) is 3.28. The van der Waals surface area contributed by atoms with E-state index in [9.17, 15) is 4.79 Å². The molecule has 5 heteroatoms. The molecule has 2 fully saturated rings. The molecule has 1 unspecified atom stereocenters. The quantitative estimate of drug-likeness (QED) is 0.830. The van der Waals surface area contributed by atoms with Crippen molar-refractivity contribution in [3.8, 4) is 5.75 Å². The molecule has 0 aliphatic carbocycles. The second-order valence-corrected chi connectivity index (χ2v) is 5.87. The van der Waals surface area contributed by atoms with Crippen LogP contribution in [-0.2, 0) is 9.53 Å². The highest BCUT2D eigenvalue weighted by atomic mass is 16.5. The minimum atomic E-state index is 0.184. The smallest absolute Gasteiger partial charge is 0.223 e. The van der Waals surface area contributed by atoms with Crippen molar-refractivity contribution >= 4 is 5.91 Å². The van der Waals surface area contributed by atoms with Crippen LogP contribution in [0.2, 0.25) is 0 Å². The van der Waals surface area contributed by atoms with Crippen LogP contribution in [0.15, 0.2) is 24.3 Å². The largest absolute Gasteiger partial charge is 0.497 e. The number of ether oxygens (including phenoxy) is 2. The normalized spacial score (nSPS) is 23.0. The maximum absolute atomic E-state index is 12.2. The number of hydrogen-bond acceptors (Lipinski definition) is 4. The van der Waals surface area contributed by atoms with Gasteiger partial charge in [0, 0.05) is 32.6 Å². The highest BCUT2D eigenvalue weighted by Crippen LogP contribution is 2.33. The van der Waals surface area contributed by atoms with Crippen LogP contribution in [0.1, 0.15) is 24.4 Å². The molecule has 2 aliphatic heterocycles. The highest BCUT2D eigenvalue weighted by molar-refractivity contribution is 5.79. The molecule has 0 spiro atoms. The third-order valence-corrected chi connectivity index (χ3v) is 4.57. The molecule has 5 nitrogen and oxygen atoms in total. The SMILES string of the molecule is COc1cccc(C2CCC(=O)N2CCN2CCOCC2)c1. The summed E-state index contributed by atoms with van der Waals surface area (Å²) in [6.07, 6.45) is 1.54. The van der Waals surface area contributed by atoms with E-state index >= 15 is 0 Å². The Morgan fingerprint density at radius 2 is 2.09 bits per heavy atom. The molecule has 2 saturated heterocycles. The molecule has 3 rings (SSSR count). The topological polar surface area (TPSA) is 42.0 Å². The molecule has 0 radical (unpaired) electrons. The number of carbonyl (C=O) groups excluding carboxylic acids is 1. The number of carbonyl (C=O) groups is 1. The Hall–Kier alpha value is -1.59. The standard InChI is InChI=1S/C17H24N2O3/c1-21-15-4-2-3-14(13-15)16-5-6-17(20)19(16)8-7-18-9-11-22-12-10-18/h2-4,13,16H,5-12H2,1H3. The molecule has 0 saturated carbocycles. The molecular weight excluding hydrogens is 280 g/mol. The number of nitrogens with zero attached hydrogens (tertiary/aromatic N) is 2. The van der Waals surface area contributed by atoms with Gasteiger partial charge >= 0.3 is 0 Å². The van der Waals surface area contributed by atoms with E-state index in [0.717, 1.165) is 51.6 Å². The fourth-order valence-corrected chi connectivity index (χ4v) is 3.28. The van der Waals surface area contributed by atoms with E-state index in [0.29, 0.717) is 6.42 Å². The molecule has 1 atom stereocenters. The Labute approximate surface area is 131 Å². The zero-order chi connectivity index (χ0) is 15.4. The van der Waals surface area contributed by atoms with Crippen molar-refractivity contribution in [3.05, 3.63) is 29.8 Å². The van der Waals surface area contributed by atoms with Gasteiger partial charge in [0.15, 0.2) is 0 Å². The first kappa shape index (κ1) is 15.3. The van der Waals surface area contributed by atoms with Crippen molar-refractivity contribution in [2.75, 3.05) is 46.5 Å². The lowest BCUT2D eigenvalue weighted by molar-refractivity contribution is -0.129. The first-order valence-corrected chi connectivity index (χ1v) is 8.01. The Morgan fingerprint density at radius 3 is 2.86 bits per heavy atom. The van der Waals surface area contributed by atoms with Gasteiger partial charge in [0.1, 0.15) is 5.75 Å². The van der Waals surface area contributed by atoms with Crippen LogP contribution in [0, 0.1) is 0 Å². The van der Waals surface area contributed by atoms with E-state index in [1.165, 1.54) is 5.56 Å². The number of benzene rings is 1. The van der Waals surface area contributed by atoms with Gasteiger partial charge in [-0.25, -0.2) is 0 Å². The minimum Gasteiger partial charge on any atom is -0.497 e. The van der Waals surface area contributed by atoms with Crippen molar-refractivity contribution in [1.82, 2.24) is 9.80 Å². The van der Waals surface area contributed by atoms with Gasteiger partial charge < -0.3 is 14.4 Å². The van der Waals surface area contributed by atoms with Gasteiger partial charge in [0.05, 0.1) is 26.4 Å². The number of methoxy groups -OCH3 is 1. The number of rotatable bonds is 5. The fraction of sp³-hybridized carbons (Fsp3) is 0.588. The average molecular weight is 304 g/mol. The summed E-state index contributed by atoms with van der Waals surface area (Å²) in [5.41, 5.74) is 1.17. The maximum atomic E-state index is 12.2. The summed E-state index contributed by atoms with van der Waals surface area (Å²) in [5.74, 6) is 1.12. The summed E-state index contributed by atoms with van der Waals surface area (Å²) in [6.45, 7) is 5.24. The lowest BCUT2D eigenvalue weighted by atomic mass is 10.0. The Bertz CT molecular complexity index is 514. The average Bonchev–Trinajstić information content (AvgIpc) is 2.95. The van der Waals surface area contributed by atoms with Crippen LogP contribution in [0.25, 0.3) is 0 Å². The van der Waals surface area contributed by atoms with Gasteiger partial charge in [0.25, 0.3) is 0 Å². The minimum absolute atomic E-state index is 0.184. The van der Waals surface area contributed by atoms with Crippen LogP contribution >= 0.6 is 0 Å². The van der Waals surface area contributed by atoms with Gasteiger partial charge in [-0.2, -0.15) is 0 Å². The van der Waals surface area contributed by atoms with Gasteiger partial charge in [0.2, 0.25) is 5.91 Å². The second-order valence-electron chi connectivity index (χ2n) is 5.87. The molecule has 1 aromatic rings. The van der Waals surface area contributed by atoms with Gasteiger partial charge in [-0.1, -0.05) is 12.1 Å². The van der Waals surface area contributed by atoms with E-state index in [2.05, 4.69) is 11.0 Å². The Balaban J connectivity index is 1.66. The summed E-state index contributed by atoms with van der Waals surface area (Å²) in [4.78, 5) is 16.6. The second kappa shape index (κ2) is 7.11. The van der Waals surface area contributed by atoms with Crippen molar-refractivity contribution in [2.24, 2.45) is 0 Å². The molecular formula is C17H24N2O3. The van der Waals surface area contributed by atoms with Crippen molar-refractivity contribution in [1.29, 1.82) is 0 Å². The number of hydrogen-bond donors (Lipinski definition) is 0. The lowest BCUT2D eigenvalue weighted by Crippen LogP contribution is -2.42. The zero-order valence-corrected chi connectivity index (χ0v) is 13.2.